The minimum absolute atomic E-state index is 0.313. The van der Waals surface area contributed by atoms with E-state index in [0.717, 1.165) is 20.8 Å². The molecule has 6 nitrogen and oxygen atoms in total. The van der Waals surface area contributed by atoms with E-state index in [9.17, 15) is 9.59 Å². The number of aryl methyl sites for hydroxylation is 2. The largest absolute Gasteiger partial charge is 0.416 e. The smallest absolute Gasteiger partial charge is 0.267 e. The van der Waals surface area contributed by atoms with Gasteiger partial charge in [-0.1, -0.05) is 30.0 Å². The van der Waals surface area contributed by atoms with Crippen LogP contribution in [0.2, 0.25) is 0 Å². The van der Waals surface area contributed by atoms with Gasteiger partial charge in [0, 0.05) is 15.9 Å². The number of nitrogens with zero attached hydrogens (tertiary/aromatic N) is 3. The summed E-state index contributed by atoms with van der Waals surface area (Å²) in [5, 5.41) is 0. The highest BCUT2D eigenvalue weighted by atomic mass is 32.2. The highest BCUT2D eigenvalue weighted by Gasteiger charge is 2.28. The Bertz CT molecular complexity index is 1260. The Morgan fingerprint density at radius 1 is 1.08 bits per heavy atom. The molecule has 1 aliphatic heterocycles. The molecule has 0 spiro atoms. The Morgan fingerprint density at radius 3 is 2.76 bits per heavy atom. The van der Waals surface area contributed by atoms with Crippen molar-refractivity contribution >= 4 is 34.0 Å². The molecule has 1 aliphatic rings. The van der Waals surface area contributed by atoms with Crippen molar-refractivity contribution in [2.45, 2.75) is 22.9 Å². The molecule has 25 heavy (non-hydrogen) atoms. The van der Waals surface area contributed by atoms with Crippen molar-refractivity contribution in [3.63, 3.8) is 0 Å². The van der Waals surface area contributed by atoms with E-state index in [0.29, 0.717) is 24.3 Å². The maximum Gasteiger partial charge on any atom is 0.416 e. The maximum atomic E-state index is 12.1. The first-order valence-corrected chi connectivity index (χ1v) is 8.76. The topological polar surface area (TPSA) is 71.6 Å². The van der Waals surface area contributed by atoms with Crippen LogP contribution in [0.1, 0.15) is 0 Å². The van der Waals surface area contributed by atoms with Crippen LogP contribution >= 0.6 is 11.8 Å². The molecule has 122 valence electrons. The highest BCUT2D eigenvalue weighted by Crippen LogP contribution is 2.29. The summed E-state index contributed by atoms with van der Waals surface area (Å²) >= 11 is 1.67. The first-order valence-electron chi connectivity index (χ1n) is 7.94. The average molecular weight is 349 g/mol. The summed E-state index contributed by atoms with van der Waals surface area (Å²) in [5.41, 5.74) is 1.79. The molecule has 0 amide bonds. The lowest BCUT2D eigenvalue weighted by Gasteiger charge is -2.05. The third-order valence-electron chi connectivity index (χ3n) is 4.40. The lowest BCUT2D eigenvalue weighted by molar-refractivity contribution is -0.638. The third-order valence-corrected chi connectivity index (χ3v) is 5.40. The summed E-state index contributed by atoms with van der Waals surface area (Å²) in [6.45, 7) is 1.20. The number of hydrogen-bond donors (Lipinski definition) is 1. The van der Waals surface area contributed by atoms with Crippen LogP contribution in [0.25, 0.3) is 22.2 Å². The molecule has 3 heterocycles. The summed E-state index contributed by atoms with van der Waals surface area (Å²) in [6, 6.07) is 16.2. The fourth-order valence-corrected chi connectivity index (χ4v) is 4.17. The minimum Gasteiger partial charge on any atom is -0.267 e. The van der Waals surface area contributed by atoms with Crippen molar-refractivity contribution in [2.75, 3.05) is 0 Å². The van der Waals surface area contributed by atoms with E-state index in [1.165, 1.54) is 0 Å². The van der Waals surface area contributed by atoms with Crippen LogP contribution in [-0.2, 0) is 13.1 Å². The number of aromatic amines is 1. The SMILES string of the molecule is O=c1[nH]c(=O)n2c3c1nc1ccc(Sc4ccccc4)cc1[n+]3CC2. The molecule has 0 fully saturated rings. The Morgan fingerprint density at radius 2 is 1.92 bits per heavy atom. The monoisotopic (exact) mass is 349 g/mol. The molecule has 0 unspecified atom stereocenters. The van der Waals surface area contributed by atoms with Gasteiger partial charge >= 0.3 is 11.3 Å². The van der Waals surface area contributed by atoms with Crippen molar-refractivity contribution in [1.82, 2.24) is 14.5 Å². The van der Waals surface area contributed by atoms with E-state index in [1.807, 2.05) is 34.9 Å². The van der Waals surface area contributed by atoms with Crippen molar-refractivity contribution in [2.24, 2.45) is 0 Å². The Balaban J connectivity index is 1.77. The second-order valence-electron chi connectivity index (χ2n) is 5.91. The molecule has 0 saturated carbocycles. The van der Waals surface area contributed by atoms with Crippen LogP contribution in [0.5, 0.6) is 0 Å². The number of aromatic nitrogens is 4. The molecule has 0 aliphatic carbocycles. The van der Waals surface area contributed by atoms with Gasteiger partial charge in [-0.25, -0.2) is 14.3 Å². The molecule has 1 N–H and O–H groups in total. The van der Waals surface area contributed by atoms with Gasteiger partial charge in [0.1, 0.15) is 18.6 Å². The number of nitrogens with one attached hydrogen (secondary N) is 1. The Labute approximate surface area is 145 Å². The van der Waals surface area contributed by atoms with Gasteiger partial charge in [0.05, 0.1) is 0 Å². The molecule has 5 rings (SSSR count). The summed E-state index contributed by atoms with van der Waals surface area (Å²) < 4.78 is 3.60. The molecule has 4 aromatic rings. The highest BCUT2D eigenvalue weighted by molar-refractivity contribution is 7.99. The number of hydrogen-bond acceptors (Lipinski definition) is 4. The Hall–Kier alpha value is -2.93. The van der Waals surface area contributed by atoms with Gasteiger partial charge in [0.15, 0.2) is 5.52 Å². The summed E-state index contributed by atoms with van der Waals surface area (Å²) in [7, 11) is 0. The zero-order valence-corrected chi connectivity index (χ0v) is 13.9. The van der Waals surface area contributed by atoms with Gasteiger partial charge in [-0.05, 0) is 24.3 Å². The van der Waals surface area contributed by atoms with Gasteiger partial charge in [-0.2, -0.15) is 4.57 Å². The van der Waals surface area contributed by atoms with E-state index < -0.39 is 5.56 Å². The maximum absolute atomic E-state index is 12.1. The lowest BCUT2D eigenvalue weighted by Crippen LogP contribution is -2.36. The van der Waals surface area contributed by atoms with Crippen LogP contribution < -0.4 is 15.8 Å². The molecule has 0 saturated heterocycles. The lowest BCUT2D eigenvalue weighted by atomic mass is 10.3. The quantitative estimate of drug-likeness (QED) is 0.442. The third kappa shape index (κ3) is 2.20. The zero-order chi connectivity index (χ0) is 17.0. The van der Waals surface area contributed by atoms with Gasteiger partial charge in [-0.3, -0.25) is 9.78 Å². The van der Waals surface area contributed by atoms with Gasteiger partial charge in [-0.15, -0.1) is 0 Å². The molecular formula is C18H13N4O2S+. The van der Waals surface area contributed by atoms with Gasteiger partial charge in [0.25, 0.3) is 5.56 Å². The molecule has 2 aromatic heterocycles. The normalized spacial score (nSPS) is 13.0. The number of benzene rings is 2. The van der Waals surface area contributed by atoms with Crippen LogP contribution in [0, 0.1) is 0 Å². The van der Waals surface area contributed by atoms with E-state index in [4.69, 9.17) is 0 Å². The van der Waals surface area contributed by atoms with Gasteiger partial charge < -0.3 is 0 Å². The predicted octanol–water partition coefficient (Wildman–Crippen LogP) is 1.69. The van der Waals surface area contributed by atoms with E-state index in [2.05, 4.69) is 28.2 Å². The first-order chi connectivity index (χ1) is 12.2. The zero-order valence-electron chi connectivity index (χ0n) is 13.1. The summed E-state index contributed by atoms with van der Waals surface area (Å²) in [6.07, 6.45) is 0. The summed E-state index contributed by atoms with van der Waals surface area (Å²) in [5.74, 6) is 0. The van der Waals surface area contributed by atoms with Crippen LogP contribution in [0.3, 0.4) is 0 Å². The van der Waals surface area contributed by atoms with E-state index in [1.54, 1.807) is 16.3 Å². The van der Waals surface area contributed by atoms with E-state index >= 15 is 0 Å². The van der Waals surface area contributed by atoms with Gasteiger partial charge in [0.2, 0.25) is 5.52 Å². The predicted molar refractivity (Wildman–Crippen MR) is 94.9 cm³/mol. The van der Waals surface area contributed by atoms with Crippen molar-refractivity contribution in [1.29, 1.82) is 0 Å². The number of fused-ring (bicyclic) bond motifs is 2. The van der Waals surface area contributed by atoms with E-state index in [-0.39, 0.29) is 5.69 Å². The van der Waals surface area contributed by atoms with Crippen molar-refractivity contribution < 1.29 is 4.57 Å². The van der Waals surface area contributed by atoms with Crippen LogP contribution in [0.15, 0.2) is 67.9 Å². The molecule has 2 aromatic carbocycles. The number of rotatable bonds is 2. The average Bonchev–Trinajstić information content (AvgIpc) is 3.07. The fraction of sp³-hybridized carbons (Fsp3) is 0.111. The van der Waals surface area contributed by atoms with Crippen LogP contribution in [0.4, 0.5) is 0 Å². The van der Waals surface area contributed by atoms with Crippen molar-refractivity contribution in [3.8, 4) is 0 Å². The van der Waals surface area contributed by atoms with Crippen molar-refractivity contribution in [3.05, 3.63) is 69.4 Å². The van der Waals surface area contributed by atoms with Crippen LogP contribution in [-0.4, -0.2) is 14.5 Å². The first kappa shape index (κ1) is 14.4. The minimum atomic E-state index is -0.434. The second-order valence-corrected chi connectivity index (χ2v) is 7.06. The molecule has 7 heteroatoms. The summed E-state index contributed by atoms with van der Waals surface area (Å²) in [4.78, 5) is 33.3. The molecule has 0 radical (unpaired) electrons. The second kappa shape index (κ2) is 5.29. The molecule has 0 atom stereocenters. The Kier molecular flexibility index (Phi) is 3.05. The molecule has 0 bridgehead atoms. The fourth-order valence-electron chi connectivity index (χ4n) is 3.29. The number of H-pyrrole nitrogens is 1. The molecular weight excluding hydrogens is 336 g/mol. The standard InChI is InChI=1S/C18H12N4O2S/c23-16-15-17-21(8-9-22(17)18(24)20-16)14-10-12(6-7-13(14)19-15)25-11-4-2-1-3-5-11/h1-7,10H,8-9H2/p+1.